The second-order valence-electron chi connectivity index (χ2n) is 5.44. The number of anilines is 1. The number of hydrogen-bond donors (Lipinski definition) is 2. The number of rotatable bonds is 6. The number of thiazole rings is 1. The maximum atomic E-state index is 5.92. The van der Waals surface area contributed by atoms with Crippen LogP contribution in [0, 0.1) is 6.92 Å². The number of aliphatic imine (C=N–C) groups is 1. The molecule has 0 aliphatic rings. The topological polar surface area (TPSA) is 63.3 Å². The Hall–Kier alpha value is -1.88. The van der Waals surface area contributed by atoms with Gasteiger partial charge in [0.25, 0.3) is 0 Å². The fraction of sp³-hybridized carbons (Fsp3) is 0.412. The van der Waals surface area contributed by atoms with Crippen molar-refractivity contribution in [3.8, 4) is 0 Å². The van der Waals surface area contributed by atoms with Gasteiger partial charge in [-0.05, 0) is 37.0 Å². The molecule has 0 saturated heterocycles. The lowest BCUT2D eigenvalue weighted by molar-refractivity contribution is 0.734. The summed E-state index contributed by atoms with van der Waals surface area (Å²) >= 11 is 1.71. The molecule has 0 fully saturated rings. The zero-order chi connectivity index (χ0) is 15.9. The number of hydrogen-bond acceptors (Lipinski definition) is 3. The van der Waals surface area contributed by atoms with Crippen LogP contribution in [0.5, 0.6) is 0 Å². The first-order valence-electron chi connectivity index (χ1n) is 7.66. The molecule has 0 saturated carbocycles. The van der Waals surface area contributed by atoms with Gasteiger partial charge >= 0.3 is 0 Å². The van der Waals surface area contributed by atoms with Crippen LogP contribution in [-0.4, -0.2) is 17.5 Å². The largest absolute Gasteiger partial charge is 0.370 e. The van der Waals surface area contributed by atoms with Crippen LogP contribution in [0.15, 0.2) is 35.5 Å². The molecule has 2 rings (SSSR count). The van der Waals surface area contributed by atoms with Crippen LogP contribution in [0.3, 0.4) is 0 Å². The van der Waals surface area contributed by atoms with Crippen molar-refractivity contribution in [3.05, 3.63) is 45.9 Å². The van der Waals surface area contributed by atoms with Crippen molar-refractivity contribution in [1.82, 2.24) is 4.98 Å². The molecule has 2 aromatic rings. The summed E-state index contributed by atoms with van der Waals surface area (Å²) in [4.78, 5) is 9.89. The van der Waals surface area contributed by atoms with E-state index >= 15 is 0 Å². The van der Waals surface area contributed by atoms with E-state index < -0.39 is 0 Å². The Labute approximate surface area is 136 Å². The van der Waals surface area contributed by atoms with E-state index in [9.17, 15) is 0 Å². The predicted octanol–water partition coefficient (Wildman–Crippen LogP) is 3.93. The third-order valence-corrected chi connectivity index (χ3v) is 4.61. The van der Waals surface area contributed by atoms with Crippen molar-refractivity contribution in [2.75, 3.05) is 11.9 Å². The van der Waals surface area contributed by atoms with Crippen molar-refractivity contribution in [3.63, 3.8) is 0 Å². The van der Waals surface area contributed by atoms with E-state index in [1.807, 2.05) is 18.3 Å². The molecule has 1 heterocycles. The molecule has 0 spiro atoms. The van der Waals surface area contributed by atoms with Crippen LogP contribution >= 0.6 is 11.3 Å². The fourth-order valence-corrected chi connectivity index (χ4v) is 2.88. The summed E-state index contributed by atoms with van der Waals surface area (Å²) in [6.45, 7) is 7.14. The Bertz CT molecular complexity index is 616. The zero-order valence-corrected chi connectivity index (χ0v) is 14.3. The van der Waals surface area contributed by atoms with Crippen molar-refractivity contribution >= 4 is 23.0 Å². The van der Waals surface area contributed by atoms with Crippen LogP contribution in [0.4, 0.5) is 5.69 Å². The average Bonchev–Trinajstić information content (AvgIpc) is 2.92. The van der Waals surface area contributed by atoms with E-state index in [-0.39, 0.29) is 0 Å². The summed E-state index contributed by atoms with van der Waals surface area (Å²) in [5.41, 5.74) is 8.24. The number of nitrogens with one attached hydrogen (secondary N) is 1. The first kappa shape index (κ1) is 16.5. The second-order valence-corrected chi connectivity index (χ2v) is 6.76. The molecule has 1 aromatic carbocycles. The van der Waals surface area contributed by atoms with Gasteiger partial charge in [-0.25, -0.2) is 4.98 Å². The number of aryl methyl sites for hydroxylation is 1. The minimum absolute atomic E-state index is 0.449. The van der Waals surface area contributed by atoms with Gasteiger partial charge in [-0.3, -0.25) is 4.99 Å². The molecule has 0 amide bonds. The van der Waals surface area contributed by atoms with Gasteiger partial charge in [-0.1, -0.05) is 26.0 Å². The van der Waals surface area contributed by atoms with Gasteiger partial charge < -0.3 is 11.1 Å². The molecular formula is C17H24N4S. The van der Waals surface area contributed by atoms with Gasteiger partial charge in [0.1, 0.15) is 0 Å². The molecule has 1 atom stereocenters. The van der Waals surface area contributed by atoms with Crippen LogP contribution < -0.4 is 11.1 Å². The second kappa shape index (κ2) is 7.94. The highest BCUT2D eigenvalue weighted by molar-refractivity contribution is 7.11. The first-order chi connectivity index (χ1) is 10.6. The Morgan fingerprint density at radius 2 is 2.09 bits per heavy atom. The monoisotopic (exact) mass is 316 g/mol. The van der Waals surface area contributed by atoms with Gasteiger partial charge in [-0.2, -0.15) is 0 Å². The highest BCUT2D eigenvalue weighted by atomic mass is 32.1. The molecule has 0 radical (unpaired) electrons. The minimum Gasteiger partial charge on any atom is -0.370 e. The third-order valence-electron chi connectivity index (χ3n) is 3.64. The van der Waals surface area contributed by atoms with Gasteiger partial charge in [0, 0.05) is 29.7 Å². The lowest BCUT2D eigenvalue weighted by atomic mass is 9.99. The summed E-state index contributed by atoms with van der Waals surface area (Å²) in [5.74, 6) is 1.03. The van der Waals surface area contributed by atoms with Crippen LogP contribution in [0.25, 0.3) is 0 Å². The molecule has 22 heavy (non-hydrogen) atoms. The normalized spacial score (nSPS) is 13.1. The Morgan fingerprint density at radius 1 is 1.36 bits per heavy atom. The standard InChI is InChI=1S/C17H24N4S/c1-4-12(2)14-5-7-15(8-6-14)21-17(18)19-10-9-16-20-11-13(3)22-16/h5-8,11-12H,4,9-10H2,1-3H3,(H3,18,19,21). The van der Waals surface area contributed by atoms with Crippen molar-refractivity contribution in [1.29, 1.82) is 0 Å². The molecular weight excluding hydrogens is 292 g/mol. The van der Waals surface area contributed by atoms with Gasteiger partial charge in [0.2, 0.25) is 0 Å². The van der Waals surface area contributed by atoms with Gasteiger partial charge in [0.05, 0.1) is 5.01 Å². The summed E-state index contributed by atoms with van der Waals surface area (Å²) in [6, 6.07) is 8.38. The third kappa shape index (κ3) is 4.84. The average molecular weight is 316 g/mol. The van der Waals surface area contributed by atoms with E-state index in [0.717, 1.165) is 23.5 Å². The summed E-state index contributed by atoms with van der Waals surface area (Å²) < 4.78 is 0. The highest BCUT2D eigenvalue weighted by Gasteiger charge is 2.03. The fourth-order valence-electron chi connectivity index (χ4n) is 2.11. The molecule has 1 aromatic heterocycles. The molecule has 0 aliphatic carbocycles. The van der Waals surface area contributed by atoms with Gasteiger partial charge in [0.15, 0.2) is 5.96 Å². The molecule has 4 nitrogen and oxygen atoms in total. The Balaban J connectivity index is 1.85. The maximum absolute atomic E-state index is 5.92. The molecule has 5 heteroatoms. The number of aromatic nitrogens is 1. The Kier molecular flexibility index (Phi) is 5.95. The van der Waals surface area contributed by atoms with E-state index in [0.29, 0.717) is 18.4 Å². The molecule has 1 unspecified atom stereocenters. The molecule has 3 N–H and O–H groups in total. The van der Waals surface area contributed by atoms with Crippen LogP contribution in [-0.2, 0) is 6.42 Å². The van der Waals surface area contributed by atoms with Crippen molar-refractivity contribution in [2.24, 2.45) is 10.7 Å². The van der Waals surface area contributed by atoms with Crippen LogP contribution in [0.1, 0.15) is 41.6 Å². The lowest BCUT2D eigenvalue weighted by Crippen LogP contribution is -2.23. The summed E-state index contributed by atoms with van der Waals surface area (Å²) in [5, 5.41) is 4.23. The van der Waals surface area contributed by atoms with E-state index in [2.05, 4.69) is 48.2 Å². The summed E-state index contributed by atoms with van der Waals surface area (Å²) in [6.07, 6.45) is 3.87. The maximum Gasteiger partial charge on any atom is 0.193 e. The number of nitrogens with zero attached hydrogens (tertiary/aromatic N) is 2. The van der Waals surface area contributed by atoms with Crippen molar-refractivity contribution < 1.29 is 0 Å². The number of nitrogens with two attached hydrogens (primary N) is 1. The quantitative estimate of drug-likeness (QED) is 0.627. The van der Waals surface area contributed by atoms with Crippen LogP contribution in [0.2, 0.25) is 0 Å². The molecule has 118 valence electrons. The SMILES string of the molecule is CCC(C)c1ccc(NC(N)=NCCc2ncc(C)s2)cc1. The number of guanidine groups is 1. The van der Waals surface area contributed by atoms with E-state index in [4.69, 9.17) is 5.73 Å². The first-order valence-corrected chi connectivity index (χ1v) is 8.48. The predicted molar refractivity (Wildman–Crippen MR) is 95.8 cm³/mol. The molecule has 0 bridgehead atoms. The Morgan fingerprint density at radius 3 is 2.68 bits per heavy atom. The van der Waals surface area contributed by atoms with E-state index in [1.165, 1.54) is 10.4 Å². The summed E-state index contributed by atoms with van der Waals surface area (Å²) in [7, 11) is 0. The smallest absolute Gasteiger partial charge is 0.193 e. The molecule has 0 aliphatic heterocycles. The van der Waals surface area contributed by atoms with Gasteiger partial charge in [-0.15, -0.1) is 11.3 Å². The van der Waals surface area contributed by atoms with E-state index in [1.54, 1.807) is 11.3 Å². The lowest BCUT2D eigenvalue weighted by Gasteiger charge is -2.10. The number of benzene rings is 1. The zero-order valence-electron chi connectivity index (χ0n) is 13.5. The van der Waals surface area contributed by atoms with Crippen molar-refractivity contribution in [2.45, 2.75) is 39.5 Å². The highest BCUT2D eigenvalue weighted by Crippen LogP contribution is 2.20. The minimum atomic E-state index is 0.449.